The van der Waals surface area contributed by atoms with E-state index in [0.717, 1.165) is 26.1 Å². The second-order valence-corrected chi connectivity index (χ2v) is 14.1. The lowest BCUT2D eigenvalue weighted by Crippen LogP contribution is -2.42. The van der Waals surface area contributed by atoms with Crippen LogP contribution < -0.4 is 10.6 Å². The molecule has 0 atom stereocenters. The van der Waals surface area contributed by atoms with E-state index in [1.54, 1.807) is 0 Å². The van der Waals surface area contributed by atoms with Crippen LogP contribution in [0.5, 0.6) is 0 Å². The minimum atomic E-state index is -0.401. The fourth-order valence-corrected chi connectivity index (χ4v) is 5.94. The Morgan fingerprint density at radius 2 is 0.837 bits per heavy atom. The van der Waals surface area contributed by atoms with E-state index in [-0.39, 0.29) is 6.04 Å². The molecule has 0 saturated heterocycles. The first kappa shape index (κ1) is 47.6. The van der Waals surface area contributed by atoms with E-state index in [4.69, 9.17) is 14.2 Å². The van der Waals surface area contributed by atoms with Crippen LogP contribution in [0.2, 0.25) is 0 Å². The Balaban J connectivity index is 3.82. The van der Waals surface area contributed by atoms with Gasteiger partial charge in [0.15, 0.2) is 0 Å². The van der Waals surface area contributed by atoms with Crippen molar-refractivity contribution in [1.29, 1.82) is 0 Å². The minimum absolute atomic E-state index is 0.190. The highest BCUT2D eigenvalue weighted by Crippen LogP contribution is 2.12. The standard InChI is InChI=1S/C43H84N2O4/c1-4-6-8-10-12-14-16-18-20-22-24-26-28-30-32-34-37-47-40-42(45-43(46)49-39-36-44-3)41-48-38-35-33-31-29-27-25-23-21-19-17-15-13-11-9-7-5-2/h18-21,42,44H,4-17,22-41H2,1-3H3,(H,45,46)/b20-18-,21-19-. The van der Waals surface area contributed by atoms with Crippen LogP contribution in [0.4, 0.5) is 4.79 Å². The predicted octanol–water partition coefficient (Wildman–Crippen LogP) is 12.4. The summed E-state index contributed by atoms with van der Waals surface area (Å²) >= 11 is 0. The van der Waals surface area contributed by atoms with Gasteiger partial charge >= 0.3 is 6.09 Å². The molecule has 0 unspecified atom stereocenters. The van der Waals surface area contributed by atoms with Crippen molar-refractivity contribution in [3.63, 3.8) is 0 Å². The number of ether oxygens (including phenoxy) is 3. The Morgan fingerprint density at radius 3 is 1.20 bits per heavy atom. The van der Waals surface area contributed by atoms with Gasteiger partial charge < -0.3 is 24.8 Å². The van der Waals surface area contributed by atoms with Crippen LogP contribution in [-0.2, 0) is 14.2 Å². The van der Waals surface area contributed by atoms with Crippen LogP contribution in [0.1, 0.15) is 194 Å². The molecule has 0 aromatic rings. The molecule has 2 N–H and O–H groups in total. The highest BCUT2D eigenvalue weighted by atomic mass is 16.6. The average molecular weight is 693 g/mol. The zero-order chi connectivity index (χ0) is 35.6. The van der Waals surface area contributed by atoms with E-state index in [1.165, 1.54) is 167 Å². The summed E-state index contributed by atoms with van der Waals surface area (Å²) < 4.78 is 17.2. The zero-order valence-corrected chi connectivity index (χ0v) is 33.1. The van der Waals surface area contributed by atoms with Gasteiger partial charge in [-0.15, -0.1) is 0 Å². The molecule has 0 aliphatic carbocycles. The smallest absolute Gasteiger partial charge is 0.407 e. The number of hydrogen-bond donors (Lipinski definition) is 2. The molecular formula is C43H84N2O4. The number of nitrogens with one attached hydrogen (secondary N) is 2. The molecule has 0 aromatic carbocycles. The number of carbonyl (C=O) groups is 1. The number of rotatable bonds is 40. The summed E-state index contributed by atoms with van der Waals surface area (Å²) in [6, 6.07) is -0.190. The lowest BCUT2D eigenvalue weighted by molar-refractivity contribution is 0.0494. The maximum absolute atomic E-state index is 12.2. The third-order valence-electron chi connectivity index (χ3n) is 9.15. The van der Waals surface area contributed by atoms with Gasteiger partial charge in [-0.1, -0.05) is 154 Å². The molecule has 0 spiro atoms. The fourth-order valence-electron chi connectivity index (χ4n) is 5.94. The molecule has 49 heavy (non-hydrogen) atoms. The Bertz CT molecular complexity index is 653. The van der Waals surface area contributed by atoms with E-state index in [0.29, 0.717) is 26.4 Å². The number of unbranched alkanes of at least 4 members (excludes halogenated alkanes) is 24. The van der Waals surface area contributed by atoms with Gasteiger partial charge in [-0.25, -0.2) is 4.79 Å². The van der Waals surface area contributed by atoms with Gasteiger partial charge in [-0.3, -0.25) is 0 Å². The van der Waals surface area contributed by atoms with Crippen LogP contribution in [0.3, 0.4) is 0 Å². The first-order chi connectivity index (χ1) is 24.2. The topological polar surface area (TPSA) is 68.8 Å². The lowest BCUT2D eigenvalue weighted by Gasteiger charge is -2.19. The molecule has 0 rings (SSSR count). The second kappa shape index (κ2) is 42.8. The van der Waals surface area contributed by atoms with Crippen molar-refractivity contribution in [3.8, 4) is 0 Å². The van der Waals surface area contributed by atoms with Crippen molar-refractivity contribution in [2.24, 2.45) is 0 Å². The van der Waals surface area contributed by atoms with Crippen LogP contribution in [0, 0.1) is 0 Å². The lowest BCUT2D eigenvalue weighted by atomic mass is 10.1. The monoisotopic (exact) mass is 693 g/mol. The molecule has 0 heterocycles. The van der Waals surface area contributed by atoms with Crippen LogP contribution in [-0.4, -0.2) is 58.8 Å². The Labute approximate surface area is 305 Å². The van der Waals surface area contributed by atoms with Gasteiger partial charge in [0.1, 0.15) is 6.61 Å². The highest BCUT2D eigenvalue weighted by Gasteiger charge is 2.14. The third kappa shape index (κ3) is 40.9. The van der Waals surface area contributed by atoms with Crippen LogP contribution in [0.25, 0.3) is 0 Å². The van der Waals surface area contributed by atoms with Crippen molar-refractivity contribution < 1.29 is 19.0 Å². The van der Waals surface area contributed by atoms with Crippen molar-refractivity contribution in [2.75, 3.05) is 46.6 Å². The summed E-state index contributed by atoms with van der Waals surface area (Å²) in [7, 11) is 1.85. The van der Waals surface area contributed by atoms with Crippen LogP contribution in [0.15, 0.2) is 24.3 Å². The number of amides is 1. The Morgan fingerprint density at radius 1 is 0.490 bits per heavy atom. The number of alkyl carbamates (subject to hydrolysis) is 1. The number of hydrogen-bond acceptors (Lipinski definition) is 5. The molecule has 290 valence electrons. The molecule has 0 radical (unpaired) electrons. The summed E-state index contributed by atoms with van der Waals surface area (Å²) in [6.07, 6.45) is 45.6. The van der Waals surface area contributed by atoms with Gasteiger partial charge in [0.05, 0.1) is 19.3 Å². The molecule has 0 fully saturated rings. The van der Waals surface area contributed by atoms with E-state index in [2.05, 4.69) is 48.8 Å². The molecule has 1 amide bonds. The summed E-state index contributed by atoms with van der Waals surface area (Å²) in [6.45, 7) is 7.91. The molecule has 0 aromatic heterocycles. The normalized spacial score (nSPS) is 11.8. The maximum atomic E-state index is 12.2. The van der Waals surface area contributed by atoms with Gasteiger partial charge in [0.2, 0.25) is 0 Å². The number of carbonyl (C=O) groups excluding carboxylic acids is 1. The van der Waals surface area contributed by atoms with Gasteiger partial charge in [0, 0.05) is 19.8 Å². The zero-order valence-electron chi connectivity index (χ0n) is 33.1. The summed E-state index contributed by atoms with van der Waals surface area (Å²) in [5.41, 5.74) is 0. The Hall–Kier alpha value is -1.37. The van der Waals surface area contributed by atoms with Gasteiger partial charge in [0.25, 0.3) is 0 Å². The SMILES string of the molecule is CCCCCCCC/C=C\CCCCCCCCOCC(COCCCCCCCC/C=C\CCCCCCCC)NC(=O)OCCNC. The van der Waals surface area contributed by atoms with E-state index in [1.807, 2.05) is 7.05 Å². The average Bonchev–Trinajstić information content (AvgIpc) is 3.10. The largest absolute Gasteiger partial charge is 0.448 e. The summed E-state index contributed by atoms with van der Waals surface area (Å²) in [4.78, 5) is 12.2. The molecule has 6 heteroatoms. The molecule has 6 nitrogen and oxygen atoms in total. The molecule has 0 saturated carbocycles. The first-order valence-corrected chi connectivity index (χ1v) is 21.3. The van der Waals surface area contributed by atoms with Crippen molar-refractivity contribution in [1.82, 2.24) is 10.6 Å². The number of allylic oxidation sites excluding steroid dienone is 4. The van der Waals surface area contributed by atoms with Gasteiger partial charge in [-0.05, 0) is 71.3 Å². The van der Waals surface area contributed by atoms with Crippen LogP contribution >= 0.6 is 0 Å². The molecule has 0 bridgehead atoms. The maximum Gasteiger partial charge on any atom is 0.407 e. The molecule has 0 aliphatic heterocycles. The Kier molecular flexibility index (Phi) is 41.6. The summed E-state index contributed by atoms with van der Waals surface area (Å²) in [5.74, 6) is 0. The summed E-state index contributed by atoms with van der Waals surface area (Å²) in [5, 5.41) is 5.93. The van der Waals surface area contributed by atoms with Crippen molar-refractivity contribution >= 4 is 6.09 Å². The van der Waals surface area contributed by atoms with E-state index < -0.39 is 6.09 Å². The highest BCUT2D eigenvalue weighted by molar-refractivity contribution is 5.67. The molecular weight excluding hydrogens is 608 g/mol. The minimum Gasteiger partial charge on any atom is -0.448 e. The molecule has 0 aliphatic rings. The van der Waals surface area contributed by atoms with E-state index in [9.17, 15) is 4.79 Å². The first-order valence-electron chi connectivity index (χ1n) is 21.3. The number of likely N-dealkylation sites (N-methyl/N-ethyl adjacent to an activating group) is 1. The fraction of sp³-hybridized carbons (Fsp3) is 0.884. The second-order valence-electron chi connectivity index (χ2n) is 14.1. The predicted molar refractivity (Wildman–Crippen MR) is 213 cm³/mol. The van der Waals surface area contributed by atoms with Crippen molar-refractivity contribution in [2.45, 2.75) is 200 Å². The van der Waals surface area contributed by atoms with E-state index >= 15 is 0 Å². The van der Waals surface area contributed by atoms with Gasteiger partial charge in [-0.2, -0.15) is 0 Å². The van der Waals surface area contributed by atoms with Crippen molar-refractivity contribution in [3.05, 3.63) is 24.3 Å². The quantitative estimate of drug-likeness (QED) is 0.0494. The third-order valence-corrected chi connectivity index (χ3v) is 9.15.